The molecule has 1 aliphatic rings. The maximum absolute atomic E-state index is 9.76. The van der Waals surface area contributed by atoms with E-state index in [1.54, 1.807) is 33.1 Å². The molecule has 1 atom stereocenters. The minimum absolute atomic E-state index is 0.218. The monoisotopic (exact) mass is 497 g/mol. The lowest BCUT2D eigenvalue weighted by Gasteiger charge is -2.34. The summed E-state index contributed by atoms with van der Waals surface area (Å²) >= 11 is 1.72. The second kappa shape index (κ2) is 11.8. The predicted molar refractivity (Wildman–Crippen MR) is 142 cm³/mol. The number of hydrogen-bond donors (Lipinski definition) is 2. The molecule has 2 N–H and O–H groups in total. The van der Waals surface area contributed by atoms with Crippen LogP contribution in [-0.2, 0) is 13.1 Å². The molecule has 0 amide bonds. The van der Waals surface area contributed by atoms with E-state index in [-0.39, 0.29) is 6.61 Å². The van der Waals surface area contributed by atoms with E-state index < -0.39 is 0 Å². The number of aliphatic hydroxyl groups excluding tert-OH is 1. The molecule has 1 aliphatic heterocycles. The lowest BCUT2D eigenvalue weighted by Crippen LogP contribution is -2.38. The summed E-state index contributed by atoms with van der Waals surface area (Å²) in [6.07, 6.45) is 4.21. The van der Waals surface area contributed by atoms with Crippen molar-refractivity contribution in [3.05, 3.63) is 47.5 Å². The summed E-state index contributed by atoms with van der Waals surface area (Å²) in [4.78, 5) is 8.66. The molecule has 4 rings (SSSR count). The predicted octanol–water partition coefficient (Wildman–Crippen LogP) is 4.48. The number of thioether (sulfide) groups is 1. The van der Waals surface area contributed by atoms with Crippen LogP contribution in [0.3, 0.4) is 0 Å². The molecule has 0 unspecified atom stereocenters. The maximum atomic E-state index is 9.76. The highest BCUT2D eigenvalue weighted by Crippen LogP contribution is 2.38. The van der Waals surface area contributed by atoms with Gasteiger partial charge in [-0.1, -0.05) is 6.07 Å². The summed E-state index contributed by atoms with van der Waals surface area (Å²) in [5, 5.41) is 14.5. The van der Waals surface area contributed by atoms with Crippen molar-refractivity contribution in [1.82, 2.24) is 10.3 Å². The lowest BCUT2D eigenvalue weighted by molar-refractivity contribution is 0.208. The molecule has 7 nitrogen and oxygen atoms in total. The summed E-state index contributed by atoms with van der Waals surface area (Å²) in [6, 6.07) is 12.6. The van der Waals surface area contributed by atoms with Crippen LogP contribution in [0.1, 0.15) is 24.0 Å². The zero-order valence-corrected chi connectivity index (χ0v) is 21.8. The number of ether oxygens (including phenoxy) is 3. The third-order valence-corrected chi connectivity index (χ3v) is 7.25. The highest BCUT2D eigenvalue weighted by molar-refractivity contribution is 7.98. The van der Waals surface area contributed by atoms with Gasteiger partial charge in [-0.3, -0.25) is 0 Å². The standard InChI is InChI=1S/C27H35N3O4S/c1-32-24-10-19(11-25(33-2)26(24)34-3)14-28-15-21-12-20-7-8-22(35-4)13-23(20)29-27(21)30-9-5-6-18(16-30)17-31/h7-8,10-13,18,28,31H,5-6,9,14-17H2,1-4H3/t18-/m0/s1. The first-order valence-corrected chi connectivity index (χ1v) is 13.2. The van der Waals surface area contributed by atoms with Gasteiger partial charge in [-0.2, -0.15) is 0 Å². The van der Waals surface area contributed by atoms with Gasteiger partial charge in [-0.05, 0) is 60.9 Å². The van der Waals surface area contributed by atoms with Gasteiger partial charge < -0.3 is 29.5 Å². The number of nitrogens with zero attached hydrogens (tertiary/aromatic N) is 2. The molecule has 2 aromatic carbocycles. The number of pyridine rings is 1. The van der Waals surface area contributed by atoms with Crippen LogP contribution in [0.4, 0.5) is 5.82 Å². The van der Waals surface area contributed by atoms with Crippen molar-refractivity contribution < 1.29 is 19.3 Å². The van der Waals surface area contributed by atoms with E-state index in [4.69, 9.17) is 19.2 Å². The molecule has 2 heterocycles. The maximum Gasteiger partial charge on any atom is 0.203 e. The number of hydrogen-bond acceptors (Lipinski definition) is 8. The van der Waals surface area contributed by atoms with Crippen LogP contribution < -0.4 is 24.4 Å². The number of rotatable bonds is 10. The van der Waals surface area contributed by atoms with Gasteiger partial charge in [0.05, 0.1) is 26.8 Å². The van der Waals surface area contributed by atoms with Gasteiger partial charge in [-0.15, -0.1) is 11.8 Å². The molecule has 188 valence electrons. The van der Waals surface area contributed by atoms with Crippen LogP contribution in [0.15, 0.2) is 41.3 Å². The molecule has 0 aliphatic carbocycles. The molecule has 0 spiro atoms. The smallest absolute Gasteiger partial charge is 0.203 e. The van der Waals surface area contributed by atoms with Gasteiger partial charge in [0.25, 0.3) is 0 Å². The quantitative estimate of drug-likeness (QED) is 0.397. The van der Waals surface area contributed by atoms with E-state index >= 15 is 0 Å². The Bertz CT molecular complexity index is 1130. The Morgan fingerprint density at radius 1 is 1.06 bits per heavy atom. The number of piperidine rings is 1. The summed E-state index contributed by atoms with van der Waals surface area (Å²) in [5.41, 5.74) is 3.20. The second-order valence-electron chi connectivity index (χ2n) is 8.80. The number of anilines is 1. The highest BCUT2D eigenvalue weighted by Gasteiger charge is 2.23. The van der Waals surface area contributed by atoms with Gasteiger partial charge in [0.15, 0.2) is 11.5 Å². The molecule has 0 saturated carbocycles. The number of fused-ring (bicyclic) bond motifs is 1. The average Bonchev–Trinajstić information content (AvgIpc) is 2.91. The molecule has 1 fully saturated rings. The Kier molecular flexibility index (Phi) is 8.59. The van der Waals surface area contributed by atoms with Crippen molar-refractivity contribution in [2.24, 2.45) is 5.92 Å². The van der Waals surface area contributed by atoms with E-state index in [9.17, 15) is 5.11 Å². The van der Waals surface area contributed by atoms with Crippen molar-refractivity contribution >= 4 is 28.5 Å². The Morgan fingerprint density at radius 3 is 2.49 bits per heavy atom. The van der Waals surface area contributed by atoms with Crippen LogP contribution in [0, 0.1) is 5.92 Å². The molecular weight excluding hydrogens is 462 g/mol. The molecule has 3 aromatic rings. The zero-order valence-electron chi connectivity index (χ0n) is 21.0. The normalized spacial score (nSPS) is 15.9. The summed E-state index contributed by atoms with van der Waals surface area (Å²) in [7, 11) is 4.86. The van der Waals surface area contributed by atoms with Crippen LogP contribution >= 0.6 is 11.8 Å². The Morgan fingerprint density at radius 2 is 1.83 bits per heavy atom. The Labute approximate surface area is 211 Å². The van der Waals surface area contributed by atoms with Crippen molar-refractivity contribution in [2.75, 3.05) is 52.2 Å². The van der Waals surface area contributed by atoms with Crippen molar-refractivity contribution in [3.63, 3.8) is 0 Å². The number of aromatic nitrogens is 1. The summed E-state index contributed by atoms with van der Waals surface area (Å²) in [6.45, 7) is 3.31. The summed E-state index contributed by atoms with van der Waals surface area (Å²) in [5.74, 6) is 3.17. The molecule has 1 aromatic heterocycles. The van der Waals surface area contributed by atoms with E-state index in [1.165, 1.54) is 4.90 Å². The molecule has 35 heavy (non-hydrogen) atoms. The van der Waals surface area contributed by atoms with Gasteiger partial charge in [-0.25, -0.2) is 4.98 Å². The van der Waals surface area contributed by atoms with Crippen LogP contribution in [-0.4, -0.2) is 57.4 Å². The van der Waals surface area contributed by atoms with Crippen molar-refractivity contribution in [3.8, 4) is 17.2 Å². The van der Waals surface area contributed by atoms with Crippen LogP contribution in [0.5, 0.6) is 17.2 Å². The third-order valence-electron chi connectivity index (χ3n) is 6.53. The fourth-order valence-electron chi connectivity index (χ4n) is 4.70. The average molecular weight is 498 g/mol. The van der Waals surface area contributed by atoms with Crippen LogP contribution in [0.25, 0.3) is 10.9 Å². The molecule has 8 heteroatoms. The number of benzene rings is 2. The fraction of sp³-hybridized carbons (Fsp3) is 0.444. The minimum atomic E-state index is 0.218. The van der Waals surface area contributed by atoms with Crippen LogP contribution in [0.2, 0.25) is 0 Å². The highest BCUT2D eigenvalue weighted by atomic mass is 32.2. The van der Waals surface area contributed by atoms with E-state index in [2.05, 4.69) is 40.7 Å². The molecule has 0 bridgehead atoms. The fourth-order valence-corrected chi connectivity index (χ4v) is 5.13. The van der Waals surface area contributed by atoms with Gasteiger partial charge in [0.1, 0.15) is 5.82 Å². The third kappa shape index (κ3) is 5.77. The molecule has 1 saturated heterocycles. The van der Waals surface area contributed by atoms with Gasteiger partial charge in [0.2, 0.25) is 5.75 Å². The van der Waals surface area contributed by atoms with Crippen molar-refractivity contribution in [1.29, 1.82) is 0 Å². The minimum Gasteiger partial charge on any atom is -0.493 e. The van der Waals surface area contributed by atoms with Gasteiger partial charge in [0, 0.05) is 48.6 Å². The number of aliphatic hydroxyl groups is 1. The summed E-state index contributed by atoms with van der Waals surface area (Å²) < 4.78 is 16.4. The molecule has 0 radical (unpaired) electrons. The van der Waals surface area contributed by atoms with Crippen molar-refractivity contribution in [2.45, 2.75) is 30.8 Å². The Balaban J connectivity index is 1.60. The molecular formula is C27H35N3O4S. The van der Waals surface area contributed by atoms with E-state index in [0.29, 0.717) is 36.3 Å². The first-order valence-electron chi connectivity index (χ1n) is 11.9. The first-order chi connectivity index (χ1) is 17.1. The topological polar surface area (TPSA) is 76.1 Å². The number of methoxy groups -OCH3 is 3. The second-order valence-corrected chi connectivity index (χ2v) is 9.68. The lowest BCUT2D eigenvalue weighted by atomic mass is 9.98. The largest absolute Gasteiger partial charge is 0.493 e. The first kappa shape index (κ1) is 25.4. The van der Waals surface area contributed by atoms with Gasteiger partial charge >= 0.3 is 0 Å². The Hall–Kier alpha value is -2.68. The van der Waals surface area contributed by atoms with E-state index in [0.717, 1.165) is 53.8 Å². The SMILES string of the molecule is COc1cc(CNCc2cc3ccc(SC)cc3nc2N2CCC[C@H](CO)C2)cc(OC)c1OC. The van der Waals surface area contributed by atoms with E-state index in [1.807, 2.05) is 12.1 Å². The number of nitrogens with one attached hydrogen (secondary N) is 1. The zero-order chi connectivity index (χ0) is 24.8.